The highest BCUT2D eigenvalue weighted by molar-refractivity contribution is 6.32. The van der Waals surface area contributed by atoms with Crippen molar-refractivity contribution in [3.63, 3.8) is 0 Å². The normalized spacial score (nSPS) is 21.7. The van der Waals surface area contributed by atoms with Gasteiger partial charge < -0.3 is 4.90 Å². The van der Waals surface area contributed by atoms with Gasteiger partial charge in [0.05, 0.1) is 11.0 Å². The molecule has 7 heteroatoms. The Morgan fingerprint density at radius 2 is 1.45 bits per heavy atom. The van der Waals surface area contributed by atoms with Crippen LogP contribution in [0.4, 0.5) is 11.4 Å². The van der Waals surface area contributed by atoms with E-state index in [1.165, 1.54) is 12.1 Å². The molecule has 40 heavy (non-hydrogen) atoms. The summed E-state index contributed by atoms with van der Waals surface area (Å²) in [6.45, 7) is 0. The summed E-state index contributed by atoms with van der Waals surface area (Å²) in [6, 6.07) is 27.3. The van der Waals surface area contributed by atoms with Crippen molar-refractivity contribution < 1.29 is 19.3 Å². The highest BCUT2D eigenvalue weighted by Crippen LogP contribution is 2.61. The van der Waals surface area contributed by atoms with Gasteiger partial charge in [0.2, 0.25) is 0 Å². The van der Waals surface area contributed by atoms with Gasteiger partial charge in [0.25, 0.3) is 5.69 Å². The maximum atomic E-state index is 14.6. The van der Waals surface area contributed by atoms with E-state index in [0.717, 1.165) is 11.3 Å². The number of nitro groups is 1. The van der Waals surface area contributed by atoms with E-state index in [4.69, 9.17) is 0 Å². The minimum Gasteiger partial charge on any atom is -0.352 e. The van der Waals surface area contributed by atoms with Crippen LogP contribution in [0.3, 0.4) is 0 Å². The fraction of sp³-hybridized carbons (Fsp3) is 0.121. The maximum Gasteiger partial charge on any atom is 0.269 e. The van der Waals surface area contributed by atoms with Crippen LogP contribution in [0, 0.1) is 15.5 Å². The third-order valence-corrected chi connectivity index (χ3v) is 8.48. The monoisotopic (exact) mass is 526 g/mol. The van der Waals surface area contributed by atoms with Crippen LogP contribution in [-0.2, 0) is 0 Å². The van der Waals surface area contributed by atoms with Gasteiger partial charge >= 0.3 is 0 Å². The highest BCUT2D eigenvalue weighted by Gasteiger charge is 2.71. The average molecular weight is 527 g/mol. The Bertz CT molecular complexity index is 1740. The molecular formula is C33H22N2O5. The summed E-state index contributed by atoms with van der Waals surface area (Å²) < 4.78 is 0. The molecule has 0 N–H and O–H groups in total. The van der Waals surface area contributed by atoms with Crippen LogP contribution >= 0.6 is 0 Å². The lowest BCUT2D eigenvalue weighted by Crippen LogP contribution is -2.48. The lowest BCUT2D eigenvalue weighted by atomic mass is 9.64. The number of benzene rings is 4. The number of carbonyl (C=O) groups is 3. The van der Waals surface area contributed by atoms with Crippen molar-refractivity contribution in [2.45, 2.75) is 18.0 Å². The second-order valence-electron chi connectivity index (χ2n) is 10.3. The second kappa shape index (κ2) is 8.68. The summed E-state index contributed by atoms with van der Waals surface area (Å²) in [4.78, 5) is 56.9. The van der Waals surface area contributed by atoms with Gasteiger partial charge in [-0.25, -0.2) is 0 Å². The van der Waals surface area contributed by atoms with Crippen LogP contribution in [0.1, 0.15) is 48.1 Å². The molecule has 2 heterocycles. The molecule has 0 saturated carbocycles. The van der Waals surface area contributed by atoms with Crippen LogP contribution in [0.15, 0.2) is 109 Å². The number of para-hydroxylation sites is 1. The lowest BCUT2D eigenvalue weighted by Gasteiger charge is -2.37. The molecule has 1 fully saturated rings. The van der Waals surface area contributed by atoms with Gasteiger partial charge in [0.15, 0.2) is 17.3 Å². The third kappa shape index (κ3) is 3.09. The predicted octanol–water partition coefficient (Wildman–Crippen LogP) is 5.91. The number of hydrogen-bond acceptors (Lipinski definition) is 6. The Morgan fingerprint density at radius 3 is 2.15 bits per heavy atom. The van der Waals surface area contributed by atoms with Crippen LogP contribution in [-0.4, -0.2) is 34.4 Å². The quantitative estimate of drug-likeness (QED) is 0.142. The van der Waals surface area contributed by atoms with Crippen LogP contribution in [0.5, 0.6) is 0 Å². The Kier molecular flexibility index (Phi) is 5.19. The summed E-state index contributed by atoms with van der Waals surface area (Å²) in [5.41, 5.74) is 1.17. The Labute approximate surface area is 229 Å². The molecule has 1 aliphatic carbocycles. The zero-order chi connectivity index (χ0) is 27.6. The van der Waals surface area contributed by atoms with E-state index < -0.39 is 28.3 Å². The van der Waals surface area contributed by atoms with E-state index in [9.17, 15) is 24.5 Å². The summed E-state index contributed by atoms with van der Waals surface area (Å²) in [5.74, 6) is -1.99. The number of fused-ring (bicyclic) bond motifs is 5. The molecular weight excluding hydrogens is 504 g/mol. The molecule has 7 rings (SSSR count). The molecule has 3 aliphatic rings. The van der Waals surface area contributed by atoms with Crippen molar-refractivity contribution >= 4 is 34.8 Å². The molecule has 0 amide bonds. The number of nitrogens with zero attached hydrogens (tertiary/aromatic N) is 2. The van der Waals surface area contributed by atoms with E-state index in [-0.39, 0.29) is 23.0 Å². The first-order chi connectivity index (χ1) is 19.4. The first-order valence-electron chi connectivity index (χ1n) is 13.0. The number of Topliss-reactive ketones (excluding diaryl/α,β-unsaturated/α-hetero) is 3. The summed E-state index contributed by atoms with van der Waals surface area (Å²) in [7, 11) is 0. The van der Waals surface area contributed by atoms with Crippen molar-refractivity contribution in [3.8, 4) is 0 Å². The zero-order valence-electron chi connectivity index (χ0n) is 21.1. The third-order valence-electron chi connectivity index (χ3n) is 8.48. The fourth-order valence-corrected chi connectivity index (χ4v) is 6.90. The SMILES string of the molecule is O=C(c1ccccc1)[C@H]1[C@@H](c2cccc([N+](=O)[O-])c2)C2(C(=O)c3ccccc3C2=O)[C@H]2C=Cc3ccccc3N12. The molecule has 0 radical (unpaired) electrons. The number of rotatable bonds is 4. The molecule has 0 unspecified atom stereocenters. The minimum absolute atomic E-state index is 0.171. The molecule has 7 nitrogen and oxygen atoms in total. The van der Waals surface area contributed by atoms with Crippen molar-refractivity contribution in [2.75, 3.05) is 4.90 Å². The number of carbonyl (C=O) groups excluding carboxylic acids is 3. The first-order valence-corrected chi connectivity index (χ1v) is 13.0. The van der Waals surface area contributed by atoms with Gasteiger partial charge in [0.1, 0.15) is 11.5 Å². The maximum absolute atomic E-state index is 14.6. The largest absolute Gasteiger partial charge is 0.352 e. The number of hydrogen-bond donors (Lipinski definition) is 0. The van der Waals surface area contributed by atoms with Gasteiger partial charge in [0, 0.05) is 40.4 Å². The van der Waals surface area contributed by atoms with E-state index in [1.807, 2.05) is 47.4 Å². The van der Waals surface area contributed by atoms with Crippen molar-refractivity contribution in [2.24, 2.45) is 5.41 Å². The zero-order valence-corrected chi connectivity index (χ0v) is 21.1. The fourth-order valence-electron chi connectivity index (χ4n) is 6.90. The minimum atomic E-state index is -1.70. The number of non-ortho nitro benzene ring substituents is 1. The van der Waals surface area contributed by atoms with Gasteiger partial charge in [-0.3, -0.25) is 24.5 Å². The molecule has 1 spiro atoms. The number of nitro benzene ring substituents is 1. The lowest BCUT2D eigenvalue weighted by molar-refractivity contribution is -0.384. The van der Waals surface area contributed by atoms with Crippen LogP contribution in [0.2, 0.25) is 0 Å². The van der Waals surface area contributed by atoms with Crippen molar-refractivity contribution in [3.05, 3.63) is 147 Å². The number of ketones is 3. The number of anilines is 1. The highest BCUT2D eigenvalue weighted by atomic mass is 16.6. The topological polar surface area (TPSA) is 97.6 Å². The smallest absolute Gasteiger partial charge is 0.269 e. The molecule has 0 bridgehead atoms. The van der Waals surface area contributed by atoms with Crippen LogP contribution in [0.25, 0.3) is 6.08 Å². The van der Waals surface area contributed by atoms with Crippen molar-refractivity contribution in [1.29, 1.82) is 0 Å². The average Bonchev–Trinajstić information content (AvgIpc) is 3.43. The van der Waals surface area contributed by atoms with E-state index in [0.29, 0.717) is 22.3 Å². The second-order valence-corrected chi connectivity index (χ2v) is 10.3. The molecule has 3 atom stereocenters. The molecule has 1 saturated heterocycles. The standard InChI is InChI=1S/C33H22N2O5/c36-30(21-10-2-1-3-11-21)29-28(22-12-8-13-23(19-22)35(39)40)33(31(37)24-14-5-6-15-25(24)32(33)38)27-18-17-20-9-4-7-16-26(20)34(27)29/h1-19,27-29H/t27-,28-,29-/m1/s1. The van der Waals surface area contributed by atoms with Gasteiger partial charge in [-0.05, 0) is 17.2 Å². The van der Waals surface area contributed by atoms with E-state index in [2.05, 4.69) is 0 Å². The summed E-state index contributed by atoms with van der Waals surface area (Å²) in [6.07, 6.45) is 3.73. The first kappa shape index (κ1) is 23.9. The molecule has 4 aromatic carbocycles. The van der Waals surface area contributed by atoms with Crippen LogP contribution < -0.4 is 4.90 Å². The van der Waals surface area contributed by atoms with E-state index in [1.54, 1.807) is 60.7 Å². The Balaban J connectivity index is 1.56. The van der Waals surface area contributed by atoms with Gasteiger partial charge in [-0.2, -0.15) is 0 Å². The summed E-state index contributed by atoms with van der Waals surface area (Å²) in [5, 5.41) is 11.8. The molecule has 4 aromatic rings. The Morgan fingerprint density at radius 1 is 0.800 bits per heavy atom. The van der Waals surface area contributed by atoms with E-state index >= 15 is 0 Å². The van der Waals surface area contributed by atoms with Gasteiger partial charge in [-0.15, -0.1) is 0 Å². The Hall–Kier alpha value is -5.17. The molecule has 194 valence electrons. The van der Waals surface area contributed by atoms with Gasteiger partial charge in [-0.1, -0.05) is 97.1 Å². The summed E-state index contributed by atoms with van der Waals surface area (Å²) >= 11 is 0. The molecule has 2 aliphatic heterocycles. The predicted molar refractivity (Wildman–Crippen MR) is 150 cm³/mol. The molecule has 0 aromatic heterocycles. The van der Waals surface area contributed by atoms with Crippen molar-refractivity contribution in [1.82, 2.24) is 0 Å².